The van der Waals surface area contributed by atoms with Crippen LogP contribution in [0.3, 0.4) is 0 Å². The molecule has 0 unspecified atom stereocenters. The fourth-order valence-electron chi connectivity index (χ4n) is 3.46. The molecule has 0 aliphatic heterocycles. The maximum atomic E-state index is 13.8. The van der Waals surface area contributed by atoms with Gasteiger partial charge in [-0.25, -0.2) is 4.39 Å². The second kappa shape index (κ2) is 8.09. The highest BCUT2D eigenvalue weighted by molar-refractivity contribution is 5.78. The first-order valence-corrected chi connectivity index (χ1v) is 8.83. The van der Waals surface area contributed by atoms with Crippen molar-refractivity contribution in [3.63, 3.8) is 0 Å². The minimum Gasteiger partial charge on any atom is -0.356 e. The number of nitrogens with one attached hydrogen (secondary N) is 1. The molecule has 0 atom stereocenters. The monoisotopic (exact) mass is 325 g/mol. The molecule has 1 aliphatic rings. The Morgan fingerprint density at radius 3 is 2.46 bits per heavy atom. The number of rotatable bonds is 6. The number of amides is 1. The van der Waals surface area contributed by atoms with Crippen LogP contribution in [0.2, 0.25) is 0 Å². The first-order valence-electron chi connectivity index (χ1n) is 8.83. The average molecular weight is 325 g/mol. The van der Waals surface area contributed by atoms with Crippen molar-refractivity contribution in [2.75, 3.05) is 6.54 Å². The van der Waals surface area contributed by atoms with Crippen LogP contribution < -0.4 is 5.32 Å². The topological polar surface area (TPSA) is 29.1 Å². The first-order chi connectivity index (χ1) is 11.7. The number of carbonyl (C=O) groups excluding carboxylic acids is 1. The van der Waals surface area contributed by atoms with Crippen LogP contribution in [0.15, 0.2) is 48.5 Å². The molecule has 24 heavy (non-hydrogen) atoms. The fraction of sp³-hybridized carbons (Fsp3) is 0.381. The van der Waals surface area contributed by atoms with E-state index in [4.69, 9.17) is 0 Å². The average Bonchev–Trinajstić information content (AvgIpc) is 3.10. The number of halogens is 1. The Balaban J connectivity index is 1.50. The van der Waals surface area contributed by atoms with E-state index in [-0.39, 0.29) is 11.7 Å². The van der Waals surface area contributed by atoms with E-state index in [1.807, 2.05) is 30.3 Å². The third kappa shape index (κ3) is 4.44. The summed E-state index contributed by atoms with van der Waals surface area (Å²) in [4.78, 5) is 12.0. The van der Waals surface area contributed by atoms with Crippen molar-refractivity contribution >= 4 is 5.91 Å². The highest BCUT2D eigenvalue weighted by atomic mass is 19.1. The lowest BCUT2D eigenvalue weighted by atomic mass is 10.0. The zero-order valence-corrected chi connectivity index (χ0v) is 13.9. The minimum absolute atomic E-state index is 0.0617. The van der Waals surface area contributed by atoms with Gasteiger partial charge in [0.05, 0.1) is 6.42 Å². The van der Waals surface area contributed by atoms with Gasteiger partial charge < -0.3 is 5.32 Å². The van der Waals surface area contributed by atoms with Crippen molar-refractivity contribution in [2.45, 2.75) is 38.5 Å². The van der Waals surface area contributed by atoms with Gasteiger partial charge in [0.1, 0.15) is 5.82 Å². The van der Waals surface area contributed by atoms with E-state index in [0.717, 1.165) is 30.0 Å². The van der Waals surface area contributed by atoms with Gasteiger partial charge in [-0.1, -0.05) is 68.1 Å². The molecule has 0 bridgehead atoms. The van der Waals surface area contributed by atoms with Gasteiger partial charge in [-0.2, -0.15) is 0 Å². The van der Waals surface area contributed by atoms with Gasteiger partial charge in [-0.15, -0.1) is 0 Å². The quantitative estimate of drug-likeness (QED) is 0.817. The van der Waals surface area contributed by atoms with Gasteiger partial charge in [0.15, 0.2) is 0 Å². The summed E-state index contributed by atoms with van der Waals surface area (Å²) < 4.78 is 13.8. The number of carbonyl (C=O) groups is 1. The van der Waals surface area contributed by atoms with Gasteiger partial charge >= 0.3 is 0 Å². The Hall–Kier alpha value is -2.16. The smallest absolute Gasteiger partial charge is 0.224 e. The SMILES string of the molecule is O=C(Cc1ccc(-c2ccccc2F)cc1)NCCC1CCCC1. The molecule has 1 fully saturated rings. The predicted octanol–water partition coefficient (Wildman–Crippen LogP) is 4.73. The van der Waals surface area contributed by atoms with E-state index in [0.29, 0.717) is 12.0 Å². The third-order valence-corrected chi connectivity index (χ3v) is 4.85. The van der Waals surface area contributed by atoms with Gasteiger partial charge in [0.25, 0.3) is 0 Å². The number of hydrogen-bond donors (Lipinski definition) is 1. The van der Waals surface area contributed by atoms with Crippen LogP contribution in [0, 0.1) is 11.7 Å². The lowest BCUT2D eigenvalue weighted by Crippen LogP contribution is -2.27. The summed E-state index contributed by atoms with van der Waals surface area (Å²) >= 11 is 0. The van der Waals surface area contributed by atoms with E-state index >= 15 is 0 Å². The molecule has 0 radical (unpaired) electrons. The van der Waals surface area contributed by atoms with Gasteiger partial charge in [0, 0.05) is 12.1 Å². The summed E-state index contributed by atoms with van der Waals surface area (Å²) in [6, 6.07) is 14.3. The minimum atomic E-state index is -0.227. The molecule has 0 spiro atoms. The lowest BCUT2D eigenvalue weighted by Gasteiger charge is -2.10. The Morgan fingerprint density at radius 2 is 1.75 bits per heavy atom. The second-order valence-corrected chi connectivity index (χ2v) is 6.64. The molecule has 1 N–H and O–H groups in total. The maximum Gasteiger partial charge on any atom is 0.224 e. The Kier molecular flexibility index (Phi) is 5.63. The number of hydrogen-bond acceptors (Lipinski definition) is 1. The van der Waals surface area contributed by atoms with Crippen molar-refractivity contribution in [1.29, 1.82) is 0 Å². The van der Waals surface area contributed by atoms with Gasteiger partial charge in [-0.3, -0.25) is 4.79 Å². The predicted molar refractivity (Wildman–Crippen MR) is 95.1 cm³/mol. The molecule has 2 aromatic carbocycles. The van der Waals surface area contributed by atoms with Crippen molar-refractivity contribution in [1.82, 2.24) is 5.32 Å². The highest BCUT2D eigenvalue weighted by Gasteiger charge is 2.14. The normalized spacial score (nSPS) is 14.7. The molecule has 0 aromatic heterocycles. The fourth-order valence-corrected chi connectivity index (χ4v) is 3.46. The largest absolute Gasteiger partial charge is 0.356 e. The Morgan fingerprint density at radius 1 is 1.04 bits per heavy atom. The van der Waals surface area contributed by atoms with E-state index in [9.17, 15) is 9.18 Å². The Labute approximate surface area is 143 Å². The molecule has 126 valence electrons. The van der Waals surface area contributed by atoms with E-state index in [1.54, 1.807) is 12.1 Å². The highest BCUT2D eigenvalue weighted by Crippen LogP contribution is 2.27. The zero-order chi connectivity index (χ0) is 16.8. The van der Waals surface area contributed by atoms with Crippen LogP contribution >= 0.6 is 0 Å². The summed E-state index contributed by atoms with van der Waals surface area (Å²) in [6.45, 7) is 0.775. The zero-order valence-electron chi connectivity index (χ0n) is 13.9. The van der Waals surface area contributed by atoms with Crippen molar-refractivity contribution in [3.8, 4) is 11.1 Å². The van der Waals surface area contributed by atoms with Gasteiger partial charge in [0.2, 0.25) is 5.91 Å². The molecule has 1 amide bonds. The maximum absolute atomic E-state index is 13.8. The molecule has 0 saturated heterocycles. The van der Waals surface area contributed by atoms with Crippen molar-refractivity contribution in [3.05, 3.63) is 59.9 Å². The van der Waals surface area contributed by atoms with E-state index in [2.05, 4.69) is 5.32 Å². The molecule has 1 saturated carbocycles. The first kappa shape index (κ1) is 16.7. The molecule has 3 rings (SSSR count). The molecule has 1 aliphatic carbocycles. The van der Waals surface area contributed by atoms with Crippen molar-refractivity contribution in [2.24, 2.45) is 5.92 Å². The van der Waals surface area contributed by atoms with Crippen LogP contribution in [0.25, 0.3) is 11.1 Å². The summed E-state index contributed by atoms with van der Waals surface area (Å²) in [6.07, 6.45) is 6.78. The van der Waals surface area contributed by atoms with Crippen LogP contribution in [0.5, 0.6) is 0 Å². The summed E-state index contributed by atoms with van der Waals surface area (Å²) in [5.74, 6) is 0.631. The van der Waals surface area contributed by atoms with Crippen LogP contribution in [-0.4, -0.2) is 12.5 Å². The molecule has 0 heterocycles. The second-order valence-electron chi connectivity index (χ2n) is 6.64. The van der Waals surface area contributed by atoms with Gasteiger partial charge in [-0.05, 0) is 29.5 Å². The summed E-state index contributed by atoms with van der Waals surface area (Å²) in [7, 11) is 0. The van der Waals surface area contributed by atoms with Crippen LogP contribution in [-0.2, 0) is 11.2 Å². The molecule has 2 nitrogen and oxygen atoms in total. The molecule has 3 heteroatoms. The number of benzene rings is 2. The third-order valence-electron chi connectivity index (χ3n) is 4.85. The van der Waals surface area contributed by atoms with Crippen LogP contribution in [0.1, 0.15) is 37.7 Å². The summed E-state index contributed by atoms with van der Waals surface area (Å²) in [5, 5.41) is 3.01. The molecular formula is C21H24FNO. The standard InChI is InChI=1S/C21H24FNO/c22-20-8-4-3-7-19(20)18-11-9-17(10-12-18)15-21(24)23-14-13-16-5-1-2-6-16/h3-4,7-12,16H,1-2,5-6,13-15H2,(H,23,24). The van der Waals surface area contributed by atoms with Crippen LogP contribution in [0.4, 0.5) is 4.39 Å². The summed E-state index contributed by atoms with van der Waals surface area (Å²) in [5.41, 5.74) is 2.37. The van der Waals surface area contributed by atoms with E-state index < -0.39 is 0 Å². The van der Waals surface area contributed by atoms with Crippen molar-refractivity contribution < 1.29 is 9.18 Å². The molecular weight excluding hydrogens is 301 g/mol. The lowest BCUT2D eigenvalue weighted by molar-refractivity contribution is -0.120. The molecule has 2 aromatic rings. The Bertz CT molecular complexity index is 674. The van der Waals surface area contributed by atoms with E-state index in [1.165, 1.54) is 31.7 Å².